The molecule has 0 bridgehead atoms. The molecule has 0 fully saturated rings. The Morgan fingerprint density at radius 2 is 1.24 bits per heavy atom. The van der Waals surface area contributed by atoms with Gasteiger partial charge in [0, 0.05) is 0 Å². The van der Waals surface area contributed by atoms with Crippen molar-refractivity contribution in [3.63, 3.8) is 0 Å². The molecule has 0 saturated heterocycles. The van der Waals surface area contributed by atoms with Crippen molar-refractivity contribution < 1.29 is 28.0 Å². The molecular formula is C29H53NO6S. The van der Waals surface area contributed by atoms with Crippen molar-refractivity contribution in [2.45, 2.75) is 135 Å². The highest BCUT2D eigenvalue weighted by Gasteiger charge is 2.27. The molecule has 1 amide bonds. The lowest BCUT2D eigenvalue weighted by Gasteiger charge is -2.22. The molecule has 4 N–H and O–H groups in total. The first kappa shape index (κ1) is 35.5. The fraction of sp³-hybridized carbons (Fsp3) is 0.759. The first-order valence-electron chi connectivity index (χ1n) is 14.3. The van der Waals surface area contributed by atoms with Crippen molar-refractivity contribution in [3.05, 3.63) is 36.5 Å². The maximum atomic E-state index is 12.4. The lowest BCUT2D eigenvalue weighted by molar-refractivity contribution is -0.130. The van der Waals surface area contributed by atoms with E-state index in [9.17, 15) is 28.0 Å². The highest BCUT2D eigenvalue weighted by atomic mass is 32.2. The van der Waals surface area contributed by atoms with Crippen molar-refractivity contribution in [2.24, 2.45) is 0 Å². The molecule has 0 radical (unpaired) electrons. The lowest BCUT2D eigenvalue weighted by Crippen LogP contribution is -2.50. The van der Waals surface area contributed by atoms with Gasteiger partial charge in [-0.3, -0.25) is 9.35 Å². The Kier molecular flexibility index (Phi) is 22.7. The van der Waals surface area contributed by atoms with Crippen molar-refractivity contribution >= 4 is 16.0 Å². The lowest BCUT2D eigenvalue weighted by atomic mass is 10.1. The minimum absolute atomic E-state index is 0.257. The number of hydrogen-bond donors (Lipinski definition) is 4. The van der Waals surface area contributed by atoms with Crippen LogP contribution >= 0.6 is 0 Å². The van der Waals surface area contributed by atoms with Gasteiger partial charge in [-0.15, -0.1) is 0 Å². The van der Waals surface area contributed by atoms with E-state index in [0.29, 0.717) is 12.8 Å². The summed E-state index contributed by atoms with van der Waals surface area (Å²) in [5.74, 6) is -1.58. The van der Waals surface area contributed by atoms with Gasteiger partial charge in [-0.05, 0) is 51.4 Å². The number of carbonyl (C=O) groups excluding carboxylic acids is 1. The van der Waals surface area contributed by atoms with Gasteiger partial charge in [0.15, 0.2) is 0 Å². The monoisotopic (exact) mass is 543 g/mol. The van der Waals surface area contributed by atoms with Crippen LogP contribution in [0.5, 0.6) is 0 Å². The predicted octanol–water partition coefficient (Wildman–Crippen LogP) is 6.03. The van der Waals surface area contributed by atoms with Crippen LogP contribution in [0.2, 0.25) is 0 Å². The molecule has 0 aromatic rings. The molecule has 3 atom stereocenters. The fourth-order valence-electron chi connectivity index (χ4n) is 3.86. The van der Waals surface area contributed by atoms with E-state index in [0.717, 1.165) is 44.9 Å². The Hall–Kier alpha value is -1.48. The quantitative estimate of drug-likeness (QED) is 0.0669. The van der Waals surface area contributed by atoms with E-state index in [4.69, 9.17) is 0 Å². The molecule has 0 spiro atoms. The zero-order valence-electron chi connectivity index (χ0n) is 23.2. The highest BCUT2D eigenvalue weighted by Crippen LogP contribution is 2.10. The maximum absolute atomic E-state index is 12.4. The Morgan fingerprint density at radius 3 is 1.84 bits per heavy atom. The van der Waals surface area contributed by atoms with E-state index in [2.05, 4.69) is 43.5 Å². The number of aliphatic hydroxyl groups is 2. The zero-order valence-corrected chi connectivity index (χ0v) is 24.0. The summed E-state index contributed by atoms with van der Waals surface area (Å²) >= 11 is 0. The third-order valence-corrected chi connectivity index (χ3v) is 6.93. The molecule has 0 aromatic heterocycles. The fourth-order valence-corrected chi connectivity index (χ4v) is 4.59. The highest BCUT2D eigenvalue weighted by molar-refractivity contribution is 7.85. The molecule has 8 heteroatoms. The minimum Gasteiger partial charge on any atom is -0.387 e. The zero-order chi connectivity index (χ0) is 27.8. The molecule has 0 aromatic carbocycles. The standard InChI is InChI=1S/C29H53NO6S/c1-3-5-7-9-11-13-15-17-19-21-23-27(31)26(25-37(34,35)36)30-29(33)28(32)24-22-20-18-16-14-12-10-8-6-4-2/h10,12-13,15,21,23,26-28,31-32H,3-9,11,14,16-20,22,24-25H2,1-2H3,(H,30,33)(H,34,35,36)/b12-10-,15-13+,23-21+. The first-order chi connectivity index (χ1) is 17.7. The smallest absolute Gasteiger partial charge is 0.267 e. The third-order valence-electron chi connectivity index (χ3n) is 6.15. The Morgan fingerprint density at radius 1 is 0.730 bits per heavy atom. The van der Waals surface area contributed by atoms with Crippen LogP contribution in [-0.2, 0) is 14.9 Å². The van der Waals surface area contributed by atoms with Crippen LogP contribution in [0, 0.1) is 0 Å². The van der Waals surface area contributed by atoms with E-state index < -0.39 is 40.0 Å². The molecule has 0 heterocycles. The average molecular weight is 544 g/mol. The van der Waals surface area contributed by atoms with Crippen LogP contribution in [0.3, 0.4) is 0 Å². The van der Waals surface area contributed by atoms with Gasteiger partial charge in [0.05, 0.1) is 17.9 Å². The van der Waals surface area contributed by atoms with Crippen molar-refractivity contribution in [1.82, 2.24) is 5.32 Å². The van der Waals surface area contributed by atoms with Gasteiger partial charge in [0.1, 0.15) is 6.10 Å². The molecule has 0 rings (SSSR count). The van der Waals surface area contributed by atoms with Crippen molar-refractivity contribution in [1.29, 1.82) is 0 Å². The number of amides is 1. The Bertz CT molecular complexity index is 747. The summed E-state index contributed by atoms with van der Waals surface area (Å²) in [6.45, 7) is 4.36. The third kappa shape index (κ3) is 23.4. The number of unbranched alkanes of at least 4 members (excludes halogenated alkanes) is 11. The van der Waals surface area contributed by atoms with Gasteiger partial charge >= 0.3 is 0 Å². The Labute approximate surface area is 226 Å². The predicted molar refractivity (Wildman–Crippen MR) is 153 cm³/mol. The van der Waals surface area contributed by atoms with Crippen LogP contribution in [-0.4, -0.2) is 53.1 Å². The summed E-state index contributed by atoms with van der Waals surface area (Å²) < 4.78 is 32.1. The number of aliphatic hydroxyl groups excluding tert-OH is 2. The van der Waals surface area contributed by atoms with Gasteiger partial charge in [-0.1, -0.05) is 102 Å². The van der Waals surface area contributed by atoms with Crippen LogP contribution in [0.15, 0.2) is 36.5 Å². The number of rotatable bonds is 24. The van der Waals surface area contributed by atoms with Crippen LogP contribution in [0.1, 0.15) is 117 Å². The molecule has 0 aliphatic heterocycles. The second kappa shape index (κ2) is 23.6. The molecule has 216 valence electrons. The summed E-state index contributed by atoms with van der Waals surface area (Å²) in [6.07, 6.45) is 25.1. The maximum Gasteiger partial charge on any atom is 0.267 e. The SMILES string of the molecule is CCCC/C=C\CCCCCCC(O)C(=O)NC(CS(=O)(=O)O)C(O)/C=C/CC/C=C/CCCCCC. The molecule has 0 aliphatic carbocycles. The minimum atomic E-state index is -4.44. The summed E-state index contributed by atoms with van der Waals surface area (Å²) in [5, 5.41) is 23.0. The summed E-state index contributed by atoms with van der Waals surface area (Å²) in [6, 6.07) is -1.25. The van der Waals surface area contributed by atoms with Crippen molar-refractivity contribution in [3.8, 4) is 0 Å². The number of hydrogen-bond acceptors (Lipinski definition) is 5. The summed E-state index contributed by atoms with van der Waals surface area (Å²) in [4.78, 5) is 12.4. The van der Waals surface area contributed by atoms with E-state index in [1.54, 1.807) is 6.08 Å². The number of allylic oxidation sites excluding steroid dienone is 5. The van der Waals surface area contributed by atoms with Crippen LogP contribution in [0.25, 0.3) is 0 Å². The molecule has 0 aliphatic rings. The van der Waals surface area contributed by atoms with E-state index in [1.807, 2.05) is 0 Å². The first-order valence-corrected chi connectivity index (χ1v) is 15.9. The van der Waals surface area contributed by atoms with Gasteiger partial charge in [0.2, 0.25) is 5.91 Å². The summed E-state index contributed by atoms with van der Waals surface area (Å²) in [7, 11) is -4.44. The average Bonchev–Trinajstić information content (AvgIpc) is 2.84. The molecule has 7 nitrogen and oxygen atoms in total. The molecule has 3 unspecified atom stereocenters. The van der Waals surface area contributed by atoms with Gasteiger partial charge in [-0.25, -0.2) is 0 Å². The van der Waals surface area contributed by atoms with E-state index in [1.165, 1.54) is 44.6 Å². The normalized spacial score (nSPS) is 15.1. The van der Waals surface area contributed by atoms with Gasteiger partial charge in [0.25, 0.3) is 10.1 Å². The summed E-state index contributed by atoms with van der Waals surface area (Å²) in [5.41, 5.74) is 0. The van der Waals surface area contributed by atoms with E-state index in [-0.39, 0.29) is 6.42 Å². The number of nitrogens with one attached hydrogen (secondary N) is 1. The van der Waals surface area contributed by atoms with Gasteiger partial charge < -0.3 is 15.5 Å². The number of carbonyl (C=O) groups is 1. The largest absolute Gasteiger partial charge is 0.387 e. The van der Waals surface area contributed by atoms with Crippen LogP contribution in [0.4, 0.5) is 0 Å². The second-order valence-corrected chi connectivity index (χ2v) is 11.3. The van der Waals surface area contributed by atoms with Crippen LogP contribution < -0.4 is 5.32 Å². The van der Waals surface area contributed by atoms with E-state index >= 15 is 0 Å². The molecule has 37 heavy (non-hydrogen) atoms. The van der Waals surface area contributed by atoms with Gasteiger partial charge in [-0.2, -0.15) is 8.42 Å². The Balaban J connectivity index is 4.40. The molecular weight excluding hydrogens is 490 g/mol. The second-order valence-electron chi connectivity index (χ2n) is 9.80. The van der Waals surface area contributed by atoms with Crippen molar-refractivity contribution in [2.75, 3.05) is 5.75 Å². The molecule has 0 saturated carbocycles. The topological polar surface area (TPSA) is 124 Å².